The van der Waals surface area contributed by atoms with Crippen LogP contribution in [0, 0.1) is 10.1 Å². The molecule has 0 bridgehead atoms. The first-order valence-electron chi connectivity index (χ1n) is 10.6. The summed E-state index contributed by atoms with van der Waals surface area (Å²) in [6.45, 7) is 1.58. The van der Waals surface area contributed by atoms with Crippen LogP contribution in [0.2, 0.25) is 0 Å². The van der Waals surface area contributed by atoms with Crippen molar-refractivity contribution >= 4 is 35.8 Å². The molecule has 1 fully saturated rings. The van der Waals surface area contributed by atoms with Gasteiger partial charge in [0.1, 0.15) is 0 Å². The Morgan fingerprint density at radius 1 is 1.21 bits per heavy atom. The largest absolute Gasteiger partial charge is 0.356 e. The Morgan fingerprint density at radius 2 is 2.03 bits per heavy atom. The van der Waals surface area contributed by atoms with Gasteiger partial charge in [-0.05, 0) is 48.7 Å². The van der Waals surface area contributed by atoms with Crippen molar-refractivity contribution in [3.63, 3.8) is 0 Å². The van der Waals surface area contributed by atoms with Crippen LogP contribution < -0.4 is 10.2 Å². The van der Waals surface area contributed by atoms with Crippen LogP contribution in [0.3, 0.4) is 0 Å². The molecule has 1 saturated heterocycles. The Labute approximate surface area is 194 Å². The summed E-state index contributed by atoms with van der Waals surface area (Å²) < 4.78 is 0. The number of carbonyl (C=O) groups excluding carboxylic acids is 2. The fourth-order valence-corrected chi connectivity index (χ4v) is 4.75. The van der Waals surface area contributed by atoms with Gasteiger partial charge in [-0.2, -0.15) is 4.89 Å². The minimum Gasteiger partial charge on any atom is -0.356 e. The van der Waals surface area contributed by atoms with E-state index in [9.17, 15) is 19.7 Å². The van der Waals surface area contributed by atoms with Crippen LogP contribution in [0.25, 0.3) is 6.08 Å². The third kappa shape index (κ3) is 5.71. The van der Waals surface area contributed by atoms with Gasteiger partial charge in [0.05, 0.1) is 16.4 Å². The molecule has 10 heteroatoms. The van der Waals surface area contributed by atoms with Gasteiger partial charge >= 0.3 is 0 Å². The quantitative estimate of drug-likeness (QED) is 0.218. The normalized spacial score (nSPS) is 16.2. The van der Waals surface area contributed by atoms with Gasteiger partial charge in [-0.3, -0.25) is 19.7 Å². The number of fused-ring (bicyclic) bond motifs is 1. The third-order valence-electron chi connectivity index (χ3n) is 5.57. The highest BCUT2D eigenvalue weighted by Gasteiger charge is 2.21. The zero-order valence-electron chi connectivity index (χ0n) is 17.8. The molecule has 2 aromatic rings. The zero-order chi connectivity index (χ0) is 23.2. The standard InChI is InChI=1S/C23H23N3O6S/c27-15-24-18-7-10-25(11-8-18)23(28)6-2-16-1-5-22(20(13-16)26(29)30)33-19-3-4-21-17(14-19)9-12-31-32-21/h1-6,13-15,18H,7-12H2,(H,24,27). The first kappa shape index (κ1) is 22.8. The molecule has 2 aliphatic heterocycles. The first-order chi connectivity index (χ1) is 16.0. The fraction of sp³-hybridized carbons (Fsp3) is 0.304. The maximum absolute atomic E-state index is 12.5. The van der Waals surface area contributed by atoms with Gasteiger partial charge < -0.3 is 15.1 Å². The summed E-state index contributed by atoms with van der Waals surface area (Å²) in [6, 6.07) is 10.6. The zero-order valence-corrected chi connectivity index (χ0v) is 18.6. The van der Waals surface area contributed by atoms with Crippen molar-refractivity contribution in [3.05, 3.63) is 63.7 Å². The number of nitro benzene ring substituents is 1. The fourth-order valence-electron chi connectivity index (χ4n) is 3.78. The van der Waals surface area contributed by atoms with Crippen molar-refractivity contribution in [2.45, 2.75) is 35.1 Å². The molecule has 0 unspecified atom stereocenters. The average Bonchev–Trinajstić information content (AvgIpc) is 2.83. The summed E-state index contributed by atoms with van der Waals surface area (Å²) in [7, 11) is 0. The van der Waals surface area contributed by atoms with E-state index in [1.165, 1.54) is 23.9 Å². The lowest BCUT2D eigenvalue weighted by Crippen LogP contribution is -2.44. The van der Waals surface area contributed by atoms with Gasteiger partial charge in [-0.1, -0.05) is 17.8 Å². The molecule has 0 radical (unpaired) electrons. The van der Waals surface area contributed by atoms with E-state index in [1.54, 1.807) is 29.2 Å². The maximum atomic E-state index is 12.5. The molecule has 2 aliphatic rings. The summed E-state index contributed by atoms with van der Waals surface area (Å²) in [6.07, 6.45) is 5.84. The highest BCUT2D eigenvalue weighted by molar-refractivity contribution is 7.99. The number of carbonyl (C=O) groups is 2. The van der Waals surface area contributed by atoms with Gasteiger partial charge in [-0.15, -0.1) is 0 Å². The van der Waals surface area contributed by atoms with Crippen LogP contribution >= 0.6 is 11.8 Å². The lowest BCUT2D eigenvalue weighted by atomic mass is 10.1. The molecule has 0 atom stereocenters. The summed E-state index contributed by atoms with van der Waals surface area (Å²) >= 11 is 1.31. The molecule has 9 nitrogen and oxygen atoms in total. The third-order valence-corrected chi connectivity index (χ3v) is 6.63. The number of hydrogen-bond donors (Lipinski definition) is 1. The number of nitro groups is 1. The van der Waals surface area contributed by atoms with Crippen molar-refractivity contribution in [1.82, 2.24) is 10.2 Å². The highest BCUT2D eigenvalue weighted by atomic mass is 32.2. The van der Waals surface area contributed by atoms with Crippen LogP contribution in [0.15, 0.2) is 52.3 Å². The van der Waals surface area contributed by atoms with Gasteiger partial charge in [0.25, 0.3) is 5.69 Å². The summed E-state index contributed by atoms with van der Waals surface area (Å²) in [5.74, 6) is 0.510. The van der Waals surface area contributed by atoms with Crippen molar-refractivity contribution in [2.24, 2.45) is 0 Å². The van der Waals surface area contributed by atoms with Gasteiger partial charge in [-0.25, -0.2) is 0 Å². The number of amides is 2. The van der Waals surface area contributed by atoms with Gasteiger partial charge in [0.15, 0.2) is 5.75 Å². The van der Waals surface area contributed by atoms with E-state index < -0.39 is 4.92 Å². The number of rotatable bonds is 7. The topological polar surface area (TPSA) is 111 Å². The Hall–Kier alpha value is -3.37. The van der Waals surface area contributed by atoms with Crippen molar-refractivity contribution in [3.8, 4) is 5.75 Å². The van der Waals surface area contributed by atoms with Crippen molar-refractivity contribution in [1.29, 1.82) is 0 Å². The van der Waals surface area contributed by atoms with Crippen LogP contribution in [0.1, 0.15) is 24.0 Å². The summed E-state index contributed by atoms with van der Waals surface area (Å²) in [4.78, 5) is 47.5. The number of likely N-dealkylation sites (tertiary alicyclic amines) is 1. The van der Waals surface area contributed by atoms with Crippen LogP contribution in [0.4, 0.5) is 5.69 Å². The molecule has 0 spiro atoms. The number of nitrogens with one attached hydrogen (secondary N) is 1. The number of piperidine rings is 1. The van der Waals surface area contributed by atoms with Gasteiger partial charge in [0.2, 0.25) is 12.3 Å². The molecule has 172 valence electrons. The Kier molecular flexibility index (Phi) is 7.26. The second-order valence-electron chi connectivity index (χ2n) is 7.73. The van der Waals surface area contributed by atoms with Crippen LogP contribution in [0.5, 0.6) is 5.75 Å². The number of nitrogens with zero attached hydrogens (tertiary/aromatic N) is 2. The lowest BCUT2D eigenvalue weighted by Gasteiger charge is -2.30. The second kappa shape index (κ2) is 10.5. The predicted octanol–water partition coefficient (Wildman–Crippen LogP) is 3.36. The molecule has 0 aromatic heterocycles. The first-order valence-corrected chi connectivity index (χ1v) is 11.4. The van der Waals surface area contributed by atoms with E-state index in [1.807, 2.05) is 12.1 Å². The molecule has 2 aromatic carbocycles. The molecular formula is C23H23N3O6S. The molecule has 2 amide bonds. The van der Waals surface area contributed by atoms with E-state index >= 15 is 0 Å². The SMILES string of the molecule is O=CNC1CCN(C(=O)C=Cc2ccc(Sc3ccc4c(c3)CCOO4)c([N+](=O)[O-])c2)CC1. The monoisotopic (exact) mass is 469 g/mol. The number of benzene rings is 2. The van der Waals surface area contributed by atoms with E-state index in [-0.39, 0.29) is 17.6 Å². The van der Waals surface area contributed by atoms with E-state index in [4.69, 9.17) is 9.78 Å². The van der Waals surface area contributed by atoms with E-state index in [2.05, 4.69) is 5.32 Å². The van der Waals surface area contributed by atoms with E-state index in [0.29, 0.717) is 55.2 Å². The highest BCUT2D eigenvalue weighted by Crippen LogP contribution is 2.38. The molecule has 0 aliphatic carbocycles. The summed E-state index contributed by atoms with van der Waals surface area (Å²) in [5, 5.41) is 14.4. The predicted molar refractivity (Wildman–Crippen MR) is 122 cm³/mol. The second-order valence-corrected chi connectivity index (χ2v) is 8.84. The smallest absolute Gasteiger partial charge is 0.283 e. The van der Waals surface area contributed by atoms with Crippen LogP contribution in [-0.2, 0) is 20.9 Å². The minimum absolute atomic E-state index is 0.0207. The minimum atomic E-state index is -0.415. The average molecular weight is 470 g/mol. The molecule has 4 rings (SSSR count). The Morgan fingerprint density at radius 3 is 2.79 bits per heavy atom. The molecule has 0 saturated carbocycles. The Bertz CT molecular complexity index is 1080. The molecule has 2 heterocycles. The van der Waals surface area contributed by atoms with Crippen LogP contribution in [-0.4, -0.2) is 47.9 Å². The Balaban J connectivity index is 1.44. The number of hydrogen-bond acceptors (Lipinski definition) is 7. The molecular weight excluding hydrogens is 446 g/mol. The van der Waals surface area contributed by atoms with Crippen molar-refractivity contribution in [2.75, 3.05) is 19.7 Å². The van der Waals surface area contributed by atoms with Crippen molar-refractivity contribution < 1.29 is 24.3 Å². The van der Waals surface area contributed by atoms with E-state index in [0.717, 1.165) is 16.9 Å². The molecule has 33 heavy (non-hydrogen) atoms. The maximum Gasteiger partial charge on any atom is 0.283 e. The lowest BCUT2D eigenvalue weighted by molar-refractivity contribution is -0.387. The summed E-state index contributed by atoms with van der Waals surface area (Å²) in [5.41, 5.74) is 1.55. The molecule has 1 N–H and O–H groups in total. The van der Waals surface area contributed by atoms with Gasteiger partial charge in [0, 0.05) is 48.2 Å².